The predicted molar refractivity (Wildman–Crippen MR) is 118 cm³/mol. The molecule has 0 bridgehead atoms. The summed E-state index contributed by atoms with van der Waals surface area (Å²) in [7, 11) is 0. The van der Waals surface area contributed by atoms with E-state index in [1.807, 2.05) is 50.2 Å². The number of hydrogen-bond acceptors (Lipinski definition) is 6. The number of halogens is 1. The van der Waals surface area contributed by atoms with Crippen molar-refractivity contribution in [3.05, 3.63) is 80.9 Å². The Morgan fingerprint density at radius 2 is 1.83 bits per heavy atom. The van der Waals surface area contributed by atoms with Crippen LogP contribution in [-0.4, -0.2) is 19.9 Å². The van der Waals surface area contributed by atoms with Crippen LogP contribution in [0, 0.1) is 13.8 Å². The van der Waals surface area contributed by atoms with Gasteiger partial charge in [-0.2, -0.15) is 4.98 Å². The third-order valence-electron chi connectivity index (χ3n) is 4.28. The average Bonchev–Trinajstić information content (AvgIpc) is 2.68. The van der Waals surface area contributed by atoms with Crippen molar-refractivity contribution >= 4 is 46.2 Å². The summed E-state index contributed by atoms with van der Waals surface area (Å²) in [5.74, 6) is 1.30. The summed E-state index contributed by atoms with van der Waals surface area (Å²) in [6.45, 7) is 3.97. The van der Waals surface area contributed by atoms with E-state index in [2.05, 4.69) is 31.3 Å². The maximum atomic E-state index is 12.0. The fraction of sp³-hybridized carbons (Fsp3) is 0.143. The molecule has 2 aromatic heterocycles. The van der Waals surface area contributed by atoms with Gasteiger partial charge >= 0.3 is 0 Å². The SMILES string of the molecule is Cc1ccc2nc(Nc3nc(=O)cc(CSc4ccc(Cl)cc4)[nH]3)nc(C)c2c1. The number of thioether (sulfide) groups is 1. The van der Waals surface area contributed by atoms with Crippen LogP contribution in [0.5, 0.6) is 0 Å². The quantitative estimate of drug-likeness (QED) is 0.438. The van der Waals surface area contributed by atoms with Crippen LogP contribution in [-0.2, 0) is 5.75 Å². The van der Waals surface area contributed by atoms with Gasteiger partial charge in [0.05, 0.1) is 11.2 Å². The van der Waals surface area contributed by atoms with Crippen molar-refractivity contribution in [1.82, 2.24) is 19.9 Å². The molecule has 0 aliphatic rings. The van der Waals surface area contributed by atoms with Crippen LogP contribution in [0.25, 0.3) is 10.9 Å². The van der Waals surface area contributed by atoms with Gasteiger partial charge in [-0.05, 0) is 50.2 Å². The molecule has 2 heterocycles. The first-order valence-electron chi connectivity index (χ1n) is 8.97. The third-order valence-corrected chi connectivity index (χ3v) is 5.59. The summed E-state index contributed by atoms with van der Waals surface area (Å²) < 4.78 is 0. The molecule has 0 spiro atoms. The molecule has 6 nitrogen and oxygen atoms in total. The van der Waals surface area contributed by atoms with Crippen molar-refractivity contribution < 1.29 is 0 Å². The normalized spacial score (nSPS) is 11.0. The minimum absolute atomic E-state index is 0.315. The number of aromatic nitrogens is 4. The molecule has 0 fully saturated rings. The molecule has 0 unspecified atom stereocenters. The van der Waals surface area contributed by atoms with E-state index in [1.54, 1.807) is 11.8 Å². The van der Waals surface area contributed by atoms with Gasteiger partial charge in [0, 0.05) is 32.8 Å². The first-order chi connectivity index (χ1) is 14.0. The summed E-state index contributed by atoms with van der Waals surface area (Å²) in [5, 5.41) is 4.72. The van der Waals surface area contributed by atoms with E-state index in [4.69, 9.17) is 11.6 Å². The lowest BCUT2D eigenvalue weighted by Gasteiger charge is -2.09. The maximum Gasteiger partial charge on any atom is 0.274 e. The Morgan fingerprint density at radius 3 is 2.62 bits per heavy atom. The Balaban J connectivity index is 1.56. The minimum Gasteiger partial charge on any atom is -0.328 e. The monoisotopic (exact) mass is 423 g/mol. The van der Waals surface area contributed by atoms with Gasteiger partial charge in [0.15, 0.2) is 0 Å². The number of benzene rings is 2. The topological polar surface area (TPSA) is 83.6 Å². The number of nitrogens with one attached hydrogen (secondary N) is 2. The number of rotatable bonds is 5. The number of nitrogens with zero attached hydrogens (tertiary/aromatic N) is 3. The van der Waals surface area contributed by atoms with Crippen LogP contribution in [0.1, 0.15) is 17.0 Å². The van der Waals surface area contributed by atoms with Crippen molar-refractivity contribution in [1.29, 1.82) is 0 Å². The lowest BCUT2D eigenvalue weighted by atomic mass is 10.1. The first kappa shape index (κ1) is 19.4. The molecule has 0 saturated heterocycles. The van der Waals surface area contributed by atoms with E-state index >= 15 is 0 Å². The Labute approximate surface area is 176 Å². The van der Waals surface area contributed by atoms with E-state index in [9.17, 15) is 4.79 Å². The highest BCUT2D eigenvalue weighted by atomic mass is 35.5. The lowest BCUT2D eigenvalue weighted by Crippen LogP contribution is -2.13. The van der Waals surface area contributed by atoms with Crippen LogP contribution in [0.15, 0.2) is 58.2 Å². The Kier molecular flexibility index (Phi) is 5.51. The van der Waals surface area contributed by atoms with Crippen molar-refractivity contribution in [3.8, 4) is 0 Å². The number of fused-ring (bicyclic) bond motifs is 1. The second kappa shape index (κ2) is 8.23. The largest absolute Gasteiger partial charge is 0.328 e. The van der Waals surface area contributed by atoms with Crippen LogP contribution in [0.3, 0.4) is 0 Å². The molecule has 0 atom stereocenters. The van der Waals surface area contributed by atoms with Gasteiger partial charge in [-0.15, -0.1) is 11.8 Å². The van der Waals surface area contributed by atoms with Gasteiger partial charge in [-0.25, -0.2) is 9.97 Å². The highest BCUT2D eigenvalue weighted by molar-refractivity contribution is 7.98. The molecule has 0 amide bonds. The van der Waals surface area contributed by atoms with E-state index < -0.39 is 0 Å². The first-order valence-corrected chi connectivity index (χ1v) is 10.3. The fourth-order valence-corrected chi connectivity index (χ4v) is 3.83. The Hall–Kier alpha value is -2.90. The second-order valence-electron chi connectivity index (χ2n) is 6.61. The third kappa shape index (κ3) is 4.75. The molecule has 29 heavy (non-hydrogen) atoms. The molecule has 4 rings (SSSR count). The molecular formula is C21H18ClN5OS. The van der Waals surface area contributed by atoms with Gasteiger partial charge in [-0.3, -0.25) is 10.1 Å². The molecule has 0 radical (unpaired) electrons. The highest BCUT2D eigenvalue weighted by Gasteiger charge is 2.08. The number of aromatic amines is 1. The number of aryl methyl sites for hydroxylation is 2. The van der Waals surface area contributed by atoms with Gasteiger partial charge in [0.25, 0.3) is 5.56 Å². The van der Waals surface area contributed by atoms with E-state index in [0.717, 1.165) is 32.7 Å². The minimum atomic E-state index is -0.328. The van der Waals surface area contributed by atoms with E-state index in [0.29, 0.717) is 22.7 Å². The van der Waals surface area contributed by atoms with Gasteiger partial charge < -0.3 is 4.98 Å². The molecular weight excluding hydrogens is 406 g/mol. The Morgan fingerprint density at radius 1 is 1.03 bits per heavy atom. The Bertz CT molecular complexity index is 1240. The van der Waals surface area contributed by atoms with Crippen molar-refractivity contribution in [2.45, 2.75) is 24.5 Å². The second-order valence-corrected chi connectivity index (χ2v) is 8.10. The van der Waals surface area contributed by atoms with Gasteiger partial charge in [0.1, 0.15) is 0 Å². The zero-order valence-corrected chi connectivity index (χ0v) is 17.4. The van der Waals surface area contributed by atoms with E-state index in [1.165, 1.54) is 6.07 Å². The molecule has 0 aliphatic heterocycles. The smallest absolute Gasteiger partial charge is 0.274 e. The molecule has 0 saturated carbocycles. The summed E-state index contributed by atoms with van der Waals surface area (Å²) in [5.41, 5.74) is 3.27. The summed E-state index contributed by atoms with van der Waals surface area (Å²) in [6.07, 6.45) is 0. The number of anilines is 2. The zero-order chi connectivity index (χ0) is 20.4. The average molecular weight is 424 g/mol. The van der Waals surface area contributed by atoms with Crippen LogP contribution in [0.4, 0.5) is 11.9 Å². The molecule has 2 aromatic carbocycles. The standard InChI is InChI=1S/C21H18ClN5OS/c1-12-3-8-18-17(9-12)13(2)23-20(25-18)27-21-24-15(10-19(28)26-21)11-29-16-6-4-14(22)5-7-16/h3-10H,11H2,1-2H3,(H2,23,24,25,26,27,28). The molecule has 4 aromatic rings. The van der Waals surface area contributed by atoms with Crippen molar-refractivity contribution in [2.75, 3.05) is 5.32 Å². The zero-order valence-electron chi connectivity index (χ0n) is 15.9. The van der Waals surface area contributed by atoms with E-state index in [-0.39, 0.29) is 5.56 Å². The number of H-pyrrole nitrogens is 1. The van der Waals surface area contributed by atoms with Crippen LogP contribution < -0.4 is 10.9 Å². The maximum absolute atomic E-state index is 12.0. The summed E-state index contributed by atoms with van der Waals surface area (Å²) in [4.78, 5) is 29.3. The van der Waals surface area contributed by atoms with Crippen LogP contribution in [0.2, 0.25) is 5.02 Å². The lowest BCUT2D eigenvalue weighted by molar-refractivity contribution is 1.04. The van der Waals surface area contributed by atoms with Crippen LogP contribution >= 0.6 is 23.4 Å². The molecule has 8 heteroatoms. The molecule has 2 N–H and O–H groups in total. The predicted octanol–water partition coefficient (Wildman–Crippen LogP) is 5.02. The number of hydrogen-bond donors (Lipinski definition) is 2. The van der Waals surface area contributed by atoms with Gasteiger partial charge in [-0.1, -0.05) is 23.2 Å². The van der Waals surface area contributed by atoms with Crippen molar-refractivity contribution in [2.24, 2.45) is 0 Å². The summed E-state index contributed by atoms with van der Waals surface area (Å²) >= 11 is 7.51. The molecule has 0 aliphatic carbocycles. The highest BCUT2D eigenvalue weighted by Crippen LogP contribution is 2.24. The molecule has 146 valence electrons. The van der Waals surface area contributed by atoms with Crippen molar-refractivity contribution in [3.63, 3.8) is 0 Å². The fourth-order valence-electron chi connectivity index (χ4n) is 2.89. The van der Waals surface area contributed by atoms with Gasteiger partial charge in [0.2, 0.25) is 11.9 Å². The summed E-state index contributed by atoms with van der Waals surface area (Å²) in [6, 6.07) is 15.1.